The maximum absolute atomic E-state index is 14.3. The minimum atomic E-state index is -0.245. The van der Waals surface area contributed by atoms with Crippen molar-refractivity contribution in [3.63, 3.8) is 0 Å². The Bertz CT molecular complexity index is 1490. The van der Waals surface area contributed by atoms with Crippen LogP contribution >= 0.6 is 0 Å². The number of methoxy groups -OCH3 is 2. The molecule has 0 saturated carbocycles. The lowest BCUT2D eigenvalue weighted by Crippen LogP contribution is -2.23. The molecule has 6 rings (SSSR count). The largest absolute Gasteiger partial charge is 0.496 e. The van der Waals surface area contributed by atoms with E-state index in [1.54, 1.807) is 38.5 Å². The molecule has 1 spiro atoms. The molecule has 0 atom stereocenters. The van der Waals surface area contributed by atoms with Crippen LogP contribution in [0.3, 0.4) is 0 Å². The lowest BCUT2D eigenvalue weighted by Gasteiger charge is -2.30. The molecule has 0 aromatic heterocycles. The van der Waals surface area contributed by atoms with Gasteiger partial charge >= 0.3 is 0 Å². The van der Waals surface area contributed by atoms with Crippen LogP contribution in [0.2, 0.25) is 0 Å². The normalized spacial score (nSPS) is 15.3. The predicted molar refractivity (Wildman–Crippen MR) is 154 cm³/mol. The van der Waals surface area contributed by atoms with Crippen molar-refractivity contribution in [3.8, 4) is 11.5 Å². The smallest absolute Gasteiger partial charge is 0.130 e. The second kappa shape index (κ2) is 10.2. The highest BCUT2D eigenvalue weighted by molar-refractivity contribution is 5.78. The molecule has 0 unspecified atom stereocenters. The summed E-state index contributed by atoms with van der Waals surface area (Å²) in [4.78, 5) is 0. The Morgan fingerprint density at radius 1 is 0.564 bits per heavy atom. The molecule has 39 heavy (non-hydrogen) atoms. The van der Waals surface area contributed by atoms with Gasteiger partial charge in [0.2, 0.25) is 0 Å². The lowest BCUT2D eigenvalue weighted by molar-refractivity contribution is 0.379. The van der Waals surface area contributed by atoms with E-state index in [2.05, 4.69) is 12.1 Å². The van der Waals surface area contributed by atoms with Crippen LogP contribution in [0.25, 0.3) is 24.3 Å². The maximum atomic E-state index is 14.3. The minimum Gasteiger partial charge on any atom is -0.496 e. The third kappa shape index (κ3) is 4.24. The Labute approximate surface area is 228 Å². The number of ether oxygens (including phenoxy) is 2. The molecule has 0 aliphatic heterocycles. The van der Waals surface area contributed by atoms with Crippen LogP contribution in [0.15, 0.2) is 72.8 Å². The highest BCUT2D eigenvalue weighted by Gasteiger charge is 2.49. The summed E-state index contributed by atoms with van der Waals surface area (Å²) in [5, 5.41) is 0. The summed E-state index contributed by atoms with van der Waals surface area (Å²) >= 11 is 0. The fraction of sp³-hybridized carbons (Fsp3) is 0.200. The highest BCUT2D eigenvalue weighted by atomic mass is 19.1. The van der Waals surface area contributed by atoms with E-state index in [1.807, 2.05) is 48.6 Å². The summed E-state index contributed by atoms with van der Waals surface area (Å²) < 4.78 is 40.5. The summed E-state index contributed by atoms with van der Waals surface area (Å²) in [5.74, 6) is 1.27. The van der Waals surface area contributed by atoms with E-state index in [9.17, 15) is 8.78 Å². The van der Waals surface area contributed by atoms with E-state index in [1.165, 1.54) is 34.4 Å². The van der Waals surface area contributed by atoms with Crippen LogP contribution in [0.4, 0.5) is 8.78 Å². The zero-order chi connectivity index (χ0) is 27.0. The van der Waals surface area contributed by atoms with Gasteiger partial charge in [0.05, 0.1) is 14.2 Å². The molecule has 4 aromatic carbocycles. The molecule has 4 heteroatoms. The summed E-state index contributed by atoms with van der Waals surface area (Å²) in [6, 6.07) is 21.8. The lowest BCUT2D eigenvalue weighted by atomic mass is 9.75. The molecule has 2 aliphatic rings. The van der Waals surface area contributed by atoms with Gasteiger partial charge in [-0.2, -0.15) is 0 Å². The Hall–Kier alpha value is -4.18. The Morgan fingerprint density at radius 2 is 0.974 bits per heavy atom. The summed E-state index contributed by atoms with van der Waals surface area (Å²) in [6.45, 7) is 0. The molecule has 0 amide bonds. The number of hydrogen-bond donors (Lipinski definition) is 0. The van der Waals surface area contributed by atoms with Gasteiger partial charge in [-0.1, -0.05) is 72.8 Å². The second-order valence-electron chi connectivity index (χ2n) is 10.2. The molecule has 4 aromatic rings. The highest BCUT2D eigenvalue weighted by Crippen LogP contribution is 2.59. The molecule has 2 nitrogen and oxygen atoms in total. The van der Waals surface area contributed by atoms with E-state index in [-0.39, 0.29) is 17.0 Å². The van der Waals surface area contributed by atoms with Crippen molar-refractivity contribution < 1.29 is 18.3 Å². The summed E-state index contributed by atoms with van der Waals surface area (Å²) in [5.41, 5.74) is 7.92. The second-order valence-corrected chi connectivity index (χ2v) is 10.2. The monoisotopic (exact) mass is 520 g/mol. The standard InChI is InChI=1S/C35H30F2O2/c1-38-31-17-15-23(11-13-25-7-3-5-9-29(25)36)27-19-21-35(33(27)31)22-20-28-24(16-18-32(39-2)34(28)35)12-14-26-8-4-6-10-30(26)37/h3-18H,19-22H2,1-2H3/b13-11+,14-12+. The number of benzene rings is 4. The van der Waals surface area contributed by atoms with Gasteiger partial charge in [-0.3, -0.25) is 0 Å². The topological polar surface area (TPSA) is 18.5 Å². The quantitative estimate of drug-likeness (QED) is 0.237. The van der Waals surface area contributed by atoms with Gasteiger partial charge < -0.3 is 9.47 Å². The Morgan fingerprint density at radius 3 is 1.38 bits per heavy atom. The molecule has 0 N–H and O–H groups in total. The fourth-order valence-corrected chi connectivity index (χ4v) is 6.53. The molecular weight excluding hydrogens is 490 g/mol. The van der Waals surface area contributed by atoms with Crippen LogP contribution in [0.5, 0.6) is 11.5 Å². The minimum absolute atomic E-state index is 0.235. The molecule has 0 saturated heterocycles. The van der Waals surface area contributed by atoms with Gasteiger partial charge in [0.15, 0.2) is 0 Å². The number of hydrogen-bond acceptors (Lipinski definition) is 2. The molecule has 0 radical (unpaired) electrons. The third-order valence-corrected chi connectivity index (χ3v) is 8.32. The van der Waals surface area contributed by atoms with E-state index in [0.29, 0.717) is 11.1 Å². The van der Waals surface area contributed by atoms with E-state index in [0.717, 1.165) is 48.3 Å². The van der Waals surface area contributed by atoms with Crippen LogP contribution in [-0.2, 0) is 18.3 Å². The zero-order valence-corrected chi connectivity index (χ0v) is 22.1. The molecule has 2 aliphatic carbocycles. The Balaban J connectivity index is 1.47. The van der Waals surface area contributed by atoms with Gasteiger partial charge in [0.25, 0.3) is 0 Å². The Kier molecular flexibility index (Phi) is 6.56. The number of rotatable bonds is 6. The third-order valence-electron chi connectivity index (χ3n) is 8.32. The molecular formula is C35H30F2O2. The first-order valence-electron chi connectivity index (χ1n) is 13.3. The van der Waals surface area contributed by atoms with Crippen molar-refractivity contribution in [1.82, 2.24) is 0 Å². The van der Waals surface area contributed by atoms with E-state index >= 15 is 0 Å². The maximum Gasteiger partial charge on any atom is 0.130 e. The van der Waals surface area contributed by atoms with Crippen LogP contribution in [-0.4, -0.2) is 14.2 Å². The van der Waals surface area contributed by atoms with Gasteiger partial charge in [-0.05, 0) is 72.2 Å². The van der Waals surface area contributed by atoms with Gasteiger partial charge in [-0.15, -0.1) is 0 Å². The van der Waals surface area contributed by atoms with Gasteiger partial charge in [-0.25, -0.2) is 8.78 Å². The van der Waals surface area contributed by atoms with Crippen molar-refractivity contribution in [1.29, 1.82) is 0 Å². The SMILES string of the molecule is COc1ccc(/C=C/c2ccccc2F)c2c1C1(CC2)CCc2c(/C=C/c3ccccc3F)ccc(OC)c21. The van der Waals surface area contributed by atoms with E-state index < -0.39 is 0 Å². The predicted octanol–water partition coefficient (Wildman–Crippen LogP) is 8.50. The average molecular weight is 521 g/mol. The van der Waals surface area contributed by atoms with Crippen LogP contribution in [0, 0.1) is 11.6 Å². The summed E-state index contributed by atoms with van der Waals surface area (Å²) in [6.07, 6.45) is 11.4. The molecule has 0 fully saturated rings. The first-order chi connectivity index (χ1) is 19.1. The molecule has 196 valence electrons. The van der Waals surface area contributed by atoms with E-state index in [4.69, 9.17) is 9.47 Å². The zero-order valence-electron chi connectivity index (χ0n) is 22.1. The van der Waals surface area contributed by atoms with Crippen molar-refractivity contribution in [3.05, 3.63) is 129 Å². The molecule has 0 heterocycles. The number of fused-ring (bicyclic) bond motifs is 4. The van der Waals surface area contributed by atoms with Crippen molar-refractivity contribution in [2.75, 3.05) is 14.2 Å². The van der Waals surface area contributed by atoms with Crippen molar-refractivity contribution in [2.24, 2.45) is 0 Å². The van der Waals surface area contributed by atoms with Crippen molar-refractivity contribution >= 4 is 24.3 Å². The van der Waals surface area contributed by atoms with Crippen LogP contribution in [0.1, 0.15) is 57.3 Å². The first kappa shape index (κ1) is 25.1. The number of halogens is 2. The first-order valence-corrected chi connectivity index (χ1v) is 13.3. The molecule has 0 bridgehead atoms. The van der Waals surface area contributed by atoms with Gasteiger partial charge in [0.1, 0.15) is 23.1 Å². The fourth-order valence-electron chi connectivity index (χ4n) is 6.53. The summed E-state index contributed by atoms with van der Waals surface area (Å²) in [7, 11) is 3.44. The van der Waals surface area contributed by atoms with Crippen LogP contribution < -0.4 is 9.47 Å². The van der Waals surface area contributed by atoms with Gasteiger partial charge in [0, 0.05) is 27.7 Å². The average Bonchev–Trinajstić information content (AvgIpc) is 3.55. The van der Waals surface area contributed by atoms with Crippen molar-refractivity contribution in [2.45, 2.75) is 31.1 Å².